The van der Waals surface area contributed by atoms with Gasteiger partial charge in [-0.15, -0.1) is 0 Å². The summed E-state index contributed by atoms with van der Waals surface area (Å²) in [6.07, 6.45) is 0.519. The summed E-state index contributed by atoms with van der Waals surface area (Å²) in [5.74, 6) is 0.376. The fourth-order valence-corrected chi connectivity index (χ4v) is 1.74. The lowest BCUT2D eigenvalue weighted by molar-refractivity contribution is -0.127. The van der Waals surface area contributed by atoms with E-state index in [0.717, 1.165) is 26.2 Å². The number of likely N-dealkylation sites (tertiary alicyclic amines) is 1. The van der Waals surface area contributed by atoms with Crippen molar-refractivity contribution in [2.45, 2.75) is 13.3 Å². The maximum atomic E-state index is 11.5. The molecule has 0 aromatic rings. The van der Waals surface area contributed by atoms with Gasteiger partial charge in [0.15, 0.2) is 0 Å². The van der Waals surface area contributed by atoms with Crippen LogP contribution in [0.15, 0.2) is 5.11 Å². The van der Waals surface area contributed by atoms with Crippen LogP contribution in [0.3, 0.4) is 0 Å². The van der Waals surface area contributed by atoms with E-state index < -0.39 is 0 Å². The molecule has 1 unspecified atom stereocenters. The second-order valence-corrected chi connectivity index (χ2v) is 3.68. The van der Waals surface area contributed by atoms with Gasteiger partial charge in [-0.05, 0) is 18.0 Å². The van der Waals surface area contributed by atoms with E-state index in [-0.39, 0.29) is 11.8 Å². The molecule has 0 radical (unpaired) electrons. The van der Waals surface area contributed by atoms with Gasteiger partial charge in [-0.25, -0.2) is 0 Å². The van der Waals surface area contributed by atoms with E-state index in [4.69, 9.17) is 5.53 Å². The number of azide groups is 1. The number of nitrogens with zero attached hydrogens (tertiary/aromatic N) is 4. The van der Waals surface area contributed by atoms with Gasteiger partial charge in [-0.1, -0.05) is 12.0 Å². The molecular weight excluding hydrogens is 194 g/mol. The van der Waals surface area contributed by atoms with Crippen molar-refractivity contribution in [2.75, 3.05) is 32.7 Å². The van der Waals surface area contributed by atoms with Crippen LogP contribution < -0.4 is 5.32 Å². The Kier molecular flexibility index (Phi) is 4.93. The zero-order valence-corrected chi connectivity index (χ0v) is 9.02. The molecule has 0 aromatic heterocycles. The zero-order chi connectivity index (χ0) is 11.1. The van der Waals surface area contributed by atoms with Crippen molar-refractivity contribution >= 4 is 5.91 Å². The molecule has 1 aliphatic heterocycles. The summed E-state index contributed by atoms with van der Waals surface area (Å²) >= 11 is 0. The molecule has 6 nitrogen and oxygen atoms in total. The highest BCUT2D eigenvalue weighted by Gasteiger charge is 2.28. The summed E-state index contributed by atoms with van der Waals surface area (Å²) in [5.41, 5.74) is 8.18. The number of hydrogen-bond donors (Lipinski definition) is 1. The Labute approximate surface area is 89.3 Å². The topological polar surface area (TPSA) is 81.1 Å². The molecule has 1 heterocycles. The summed E-state index contributed by atoms with van der Waals surface area (Å²) in [5, 5.41) is 6.68. The molecule has 0 saturated carbocycles. The van der Waals surface area contributed by atoms with Crippen molar-refractivity contribution < 1.29 is 4.79 Å². The lowest BCUT2D eigenvalue weighted by Gasteiger charge is -2.16. The Bertz CT molecular complexity index is 261. The maximum Gasteiger partial charge on any atom is 0.222 e. The number of carbonyl (C=O) groups excluding carboxylic acids is 1. The molecule has 0 spiro atoms. The molecule has 1 saturated heterocycles. The third kappa shape index (κ3) is 3.77. The van der Waals surface area contributed by atoms with E-state index >= 15 is 0 Å². The molecule has 1 atom stereocenters. The summed E-state index contributed by atoms with van der Waals surface area (Å²) in [7, 11) is 0. The Morgan fingerprint density at radius 2 is 2.53 bits per heavy atom. The average Bonchev–Trinajstić information content (AvgIpc) is 2.57. The molecule has 1 amide bonds. The largest absolute Gasteiger partial charge is 0.341 e. The van der Waals surface area contributed by atoms with Crippen LogP contribution in [0.25, 0.3) is 10.4 Å². The van der Waals surface area contributed by atoms with Gasteiger partial charge in [-0.3, -0.25) is 4.79 Å². The third-order valence-electron chi connectivity index (χ3n) is 2.51. The number of amides is 1. The predicted molar refractivity (Wildman–Crippen MR) is 57.2 cm³/mol. The SMILES string of the molecule is CCNCCN1CC(CN=[N+]=[N-])CC1=O. The fourth-order valence-electron chi connectivity index (χ4n) is 1.74. The molecule has 1 fully saturated rings. The van der Waals surface area contributed by atoms with E-state index in [2.05, 4.69) is 15.3 Å². The van der Waals surface area contributed by atoms with E-state index in [1.165, 1.54) is 0 Å². The Hall–Kier alpha value is -1.26. The zero-order valence-electron chi connectivity index (χ0n) is 9.02. The van der Waals surface area contributed by atoms with Gasteiger partial charge in [0, 0.05) is 37.5 Å². The molecule has 1 aliphatic rings. The Balaban J connectivity index is 2.29. The van der Waals surface area contributed by atoms with Gasteiger partial charge in [0.1, 0.15) is 0 Å². The van der Waals surface area contributed by atoms with Gasteiger partial charge in [-0.2, -0.15) is 0 Å². The quantitative estimate of drug-likeness (QED) is 0.304. The highest BCUT2D eigenvalue weighted by molar-refractivity contribution is 5.78. The summed E-state index contributed by atoms with van der Waals surface area (Å²) in [6.45, 7) is 5.69. The highest BCUT2D eigenvalue weighted by atomic mass is 16.2. The van der Waals surface area contributed by atoms with E-state index in [1.54, 1.807) is 0 Å². The van der Waals surface area contributed by atoms with Gasteiger partial charge in [0.2, 0.25) is 5.91 Å². The third-order valence-corrected chi connectivity index (χ3v) is 2.51. The number of nitrogens with one attached hydrogen (secondary N) is 1. The Morgan fingerprint density at radius 3 is 3.20 bits per heavy atom. The summed E-state index contributed by atoms with van der Waals surface area (Å²) < 4.78 is 0. The lowest BCUT2D eigenvalue weighted by Crippen LogP contribution is -2.33. The van der Waals surface area contributed by atoms with E-state index in [1.807, 2.05) is 11.8 Å². The molecule has 1 rings (SSSR count). The first-order chi connectivity index (χ1) is 7.27. The second-order valence-electron chi connectivity index (χ2n) is 3.68. The van der Waals surface area contributed by atoms with Crippen LogP contribution >= 0.6 is 0 Å². The van der Waals surface area contributed by atoms with Crippen LogP contribution in [-0.2, 0) is 4.79 Å². The normalized spacial score (nSPS) is 20.5. The molecule has 84 valence electrons. The minimum atomic E-state index is 0.172. The lowest BCUT2D eigenvalue weighted by atomic mass is 10.1. The fraction of sp³-hybridized carbons (Fsp3) is 0.889. The standard InChI is InChI=1S/C9H17N5O/c1-2-11-3-4-14-7-8(5-9(14)15)6-12-13-10/h8,11H,2-7H2,1H3. The predicted octanol–water partition coefficient (Wildman–Crippen LogP) is 0.755. The van der Waals surface area contributed by atoms with Crippen LogP contribution in [0.4, 0.5) is 0 Å². The number of carbonyl (C=O) groups is 1. The molecule has 0 aromatic carbocycles. The van der Waals surface area contributed by atoms with Crippen molar-refractivity contribution in [3.63, 3.8) is 0 Å². The van der Waals surface area contributed by atoms with Gasteiger partial charge in [0.05, 0.1) is 0 Å². The molecule has 15 heavy (non-hydrogen) atoms. The van der Waals surface area contributed by atoms with Crippen LogP contribution in [0.1, 0.15) is 13.3 Å². The van der Waals surface area contributed by atoms with Crippen molar-refractivity contribution in [3.8, 4) is 0 Å². The minimum absolute atomic E-state index is 0.172. The maximum absolute atomic E-state index is 11.5. The first-order valence-electron chi connectivity index (χ1n) is 5.27. The van der Waals surface area contributed by atoms with Crippen LogP contribution in [-0.4, -0.2) is 43.5 Å². The molecule has 0 bridgehead atoms. The van der Waals surface area contributed by atoms with Crippen molar-refractivity contribution in [2.24, 2.45) is 11.0 Å². The van der Waals surface area contributed by atoms with Crippen LogP contribution in [0.5, 0.6) is 0 Å². The number of likely N-dealkylation sites (N-methyl/N-ethyl adjacent to an activating group) is 1. The van der Waals surface area contributed by atoms with Crippen molar-refractivity contribution in [1.82, 2.24) is 10.2 Å². The average molecular weight is 211 g/mol. The first kappa shape index (κ1) is 11.8. The molecule has 0 aliphatic carbocycles. The van der Waals surface area contributed by atoms with E-state index in [0.29, 0.717) is 13.0 Å². The van der Waals surface area contributed by atoms with Crippen molar-refractivity contribution in [3.05, 3.63) is 10.4 Å². The molecular formula is C9H17N5O. The number of hydrogen-bond acceptors (Lipinski definition) is 3. The van der Waals surface area contributed by atoms with Gasteiger partial charge in [0.25, 0.3) is 0 Å². The number of rotatable bonds is 6. The van der Waals surface area contributed by atoms with Gasteiger partial charge < -0.3 is 10.2 Å². The molecule has 6 heteroatoms. The van der Waals surface area contributed by atoms with Gasteiger partial charge >= 0.3 is 0 Å². The van der Waals surface area contributed by atoms with E-state index in [9.17, 15) is 4.79 Å². The highest BCUT2D eigenvalue weighted by Crippen LogP contribution is 2.17. The summed E-state index contributed by atoms with van der Waals surface area (Å²) in [6, 6.07) is 0. The second kappa shape index (κ2) is 6.27. The smallest absolute Gasteiger partial charge is 0.222 e. The van der Waals surface area contributed by atoms with Crippen molar-refractivity contribution in [1.29, 1.82) is 0 Å². The first-order valence-corrected chi connectivity index (χ1v) is 5.27. The van der Waals surface area contributed by atoms with Crippen LogP contribution in [0, 0.1) is 5.92 Å². The summed E-state index contributed by atoms with van der Waals surface area (Å²) in [4.78, 5) is 16.0. The monoisotopic (exact) mass is 211 g/mol. The Morgan fingerprint density at radius 1 is 1.73 bits per heavy atom. The van der Waals surface area contributed by atoms with Crippen LogP contribution in [0.2, 0.25) is 0 Å². The molecule has 1 N–H and O–H groups in total. The minimum Gasteiger partial charge on any atom is -0.341 e.